The molecule has 1 aliphatic rings. The molecule has 5 nitrogen and oxygen atoms in total. The van der Waals surface area contributed by atoms with Gasteiger partial charge < -0.3 is 5.32 Å². The fourth-order valence-electron chi connectivity index (χ4n) is 2.65. The predicted octanol–water partition coefficient (Wildman–Crippen LogP) is 2.10. The predicted molar refractivity (Wildman–Crippen MR) is 86.5 cm³/mol. The van der Waals surface area contributed by atoms with Crippen LogP contribution in [0, 0.1) is 19.8 Å². The molecule has 0 aromatic heterocycles. The van der Waals surface area contributed by atoms with Gasteiger partial charge in [-0.05, 0) is 50.5 Å². The van der Waals surface area contributed by atoms with Crippen LogP contribution in [-0.2, 0) is 14.8 Å². The van der Waals surface area contributed by atoms with E-state index in [9.17, 15) is 13.2 Å². The average molecular weight is 345 g/mol. The average Bonchev–Trinajstić information content (AvgIpc) is 2.93. The summed E-state index contributed by atoms with van der Waals surface area (Å²) in [6.07, 6.45) is 0.552. The summed E-state index contributed by atoms with van der Waals surface area (Å²) in [5.74, 6) is -0.354. The van der Waals surface area contributed by atoms with Gasteiger partial charge in [0.1, 0.15) is 0 Å². The number of sulfonamides is 1. The van der Waals surface area contributed by atoms with E-state index in [4.69, 9.17) is 11.6 Å². The molecule has 1 atom stereocenters. The lowest BCUT2D eigenvalue weighted by Gasteiger charge is -2.18. The highest BCUT2D eigenvalue weighted by molar-refractivity contribution is 7.89. The standard InChI is InChI=1S/C15H21ClN2O3S/c1-4-17-15(19)12-5-6-18(9-12)22(20,21)14-8-10(2)13(16)7-11(14)3/h7-8,12H,4-6,9H2,1-3H3,(H,17,19). The van der Waals surface area contributed by atoms with Gasteiger partial charge in [0.2, 0.25) is 15.9 Å². The molecule has 0 radical (unpaired) electrons. The Hall–Kier alpha value is -1.11. The van der Waals surface area contributed by atoms with Crippen LogP contribution < -0.4 is 5.32 Å². The Bertz CT molecular complexity index is 688. The van der Waals surface area contributed by atoms with Crippen LogP contribution in [0.5, 0.6) is 0 Å². The van der Waals surface area contributed by atoms with Crippen LogP contribution in [0.2, 0.25) is 5.02 Å². The number of carbonyl (C=O) groups is 1. The number of rotatable bonds is 4. The summed E-state index contributed by atoms with van der Waals surface area (Å²) >= 11 is 6.03. The molecule has 1 aromatic carbocycles. The van der Waals surface area contributed by atoms with Gasteiger partial charge in [-0.3, -0.25) is 4.79 Å². The van der Waals surface area contributed by atoms with Gasteiger partial charge in [0.25, 0.3) is 0 Å². The molecule has 122 valence electrons. The molecule has 1 saturated heterocycles. The SMILES string of the molecule is CCNC(=O)C1CCN(S(=O)(=O)c2cc(C)c(Cl)cc2C)C1. The van der Waals surface area contributed by atoms with E-state index in [0.717, 1.165) is 5.56 Å². The summed E-state index contributed by atoms with van der Waals surface area (Å²) < 4.78 is 27.0. The van der Waals surface area contributed by atoms with Crippen molar-refractivity contribution < 1.29 is 13.2 Å². The van der Waals surface area contributed by atoms with Gasteiger partial charge in [0.15, 0.2) is 0 Å². The first-order valence-corrected chi connectivity index (χ1v) is 9.13. The first-order valence-electron chi connectivity index (χ1n) is 7.32. The normalized spacial score (nSPS) is 19.4. The Morgan fingerprint density at radius 2 is 2.05 bits per heavy atom. The number of nitrogens with zero attached hydrogens (tertiary/aromatic N) is 1. The highest BCUT2D eigenvalue weighted by atomic mass is 35.5. The minimum absolute atomic E-state index is 0.0794. The van der Waals surface area contributed by atoms with Crippen LogP contribution in [0.1, 0.15) is 24.5 Å². The Morgan fingerprint density at radius 1 is 1.36 bits per heavy atom. The van der Waals surface area contributed by atoms with Crippen molar-refractivity contribution in [3.05, 3.63) is 28.3 Å². The van der Waals surface area contributed by atoms with Gasteiger partial charge in [-0.15, -0.1) is 0 Å². The summed E-state index contributed by atoms with van der Waals surface area (Å²) in [4.78, 5) is 12.1. The summed E-state index contributed by atoms with van der Waals surface area (Å²) in [5.41, 5.74) is 1.35. The van der Waals surface area contributed by atoms with Crippen molar-refractivity contribution >= 4 is 27.5 Å². The molecule has 0 saturated carbocycles. The molecule has 1 fully saturated rings. The van der Waals surface area contributed by atoms with Crippen molar-refractivity contribution in [2.45, 2.75) is 32.1 Å². The first-order chi connectivity index (χ1) is 10.3. The number of hydrogen-bond acceptors (Lipinski definition) is 3. The lowest BCUT2D eigenvalue weighted by Crippen LogP contribution is -2.34. The largest absolute Gasteiger partial charge is 0.356 e. The third-order valence-electron chi connectivity index (χ3n) is 3.95. The Balaban J connectivity index is 2.26. The van der Waals surface area contributed by atoms with E-state index in [1.807, 2.05) is 6.92 Å². The summed E-state index contributed by atoms with van der Waals surface area (Å²) in [6.45, 7) is 6.51. The van der Waals surface area contributed by atoms with E-state index in [1.165, 1.54) is 4.31 Å². The number of nitrogens with one attached hydrogen (secondary N) is 1. The molecule has 1 amide bonds. The van der Waals surface area contributed by atoms with Gasteiger partial charge in [-0.25, -0.2) is 8.42 Å². The molecule has 0 aliphatic carbocycles. The quantitative estimate of drug-likeness (QED) is 0.909. The number of benzene rings is 1. The number of halogens is 1. The lowest BCUT2D eigenvalue weighted by atomic mass is 10.1. The van der Waals surface area contributed by atoms with Gasteiger partial charge in [-0.2, -0.15) is 4.31 Å². The second-order valence-corrected chi connectivity index (χ2v) is 7.92. The third kappa shape index (κ3) is 3.29. The van der Waals surface area contributed by atoms with E-state index >= 15 is 0 Å². The third-order valence-corrected chi connectivity index (χ3v) is 6.36. The molecule has 1 unspecified atom stereocenters. The minimum Gasteiger partial charge on any atom is -0.356 e. The number of carbonyl (C=O) groups excluding carboxylic acids is 1. The highest BCUT2D eigenvalue weighted by Crippen LogP contribution is 2.29. The van der Waals surface area contributed by atoms with Crippen LogP contribution >= 0.6 is 11.6 Å². The number of hydrogen-bond donors (Lipinski definition) is 1. The van der Waals surface area contributed by atoms with Gasteiger partial charge in [0, 0.05) is 24.7 Å². The number of aryl methyl sites for hydroxylation is 2. The zero-order chi connectivity index (χ0) is 16.5. The van der Waals surface area contributed by atoms with E-state index in [0.29, 0.717) is 30.1 Å². The fraction of sp³-hybridized carbons (Fsp3) is 0.533. The second kappa shape index (κ2) is 6.56. The topological polar surface area (TPSA) is 66.5 Å². The van der Waals surface area contributed by atoms with E-state index < -0.39 is 10.0 Å². The molecule has 0 spiro atoms. The van der Waals surface area contributed by atoms with Crippen molar-refractivity contribution in [2.75, 3.05) is 19.6 Å². The van der Waals surface area contributed by atoms with Crippen LogP contribution in [-0.4, -0.2) is 38.3 Å². The molecule has 2 rings (SSSR count). The molecule has 0 bridgehead atoms. The maximum atomic E-state index is 12.8. The van der Waals surface area contributed by atoms with E-state index in [1.54, 1.807) is 26.0 Å². The van der Waals surface area contributed by atoms with Crippen LogP contribution in [0.3, 0.4) is 0 Å². The Labute approximate surface area is 136 Å². The minimum atomic E-state index is -3.60. The zero-order valence-electron chi connectivity index (χ0n) is 13.0. The molecular weight excluding hydrogens is 324 g/mol. The molecule has 22 heavy (non-hydrogen) atoms. The van der Waals surface area contributed by atoms with E-state index in [-0.39, 0.29) is 23.3 Å². The zero-order valence-corrected chi connectivity index (χ0v) is 14.6. The Morgan fingerprint density at radius 3 is 2.68 bits per heavy atom. The highest BCUT2D eigenvalue weighted by Gasteiger charge is 2.36. The molecule has 1 heterocycles. The molecule has 1 aromatic rings. The first kappa shape index (κ1) is 17.2. The second-order valence-electron chi connectivity index (χ2n) is 5.61. The summed E-state index contributed by atoms with van der Waals surface area (Å²) in [6, 6.07) is 3.27. The smallest absolute Gasteiger partial charge is 0.243 e. The maximum absolute atomic E-state index is 12.8. The Kier molecular flexibility index (Phi) is 5.14. The van der Waals surface area contributed by atoms with Crippen molar-refractivity contribution in [2.24, 2.45) is 5.92 Å². The fourth-order valence-corrected chi connectivity index (χ4v) is 4.66. The van der Waals surface area contributed by atoms with Crippen molar-refractivity contribution in [1.82, 2.24) is 9.62 Å². The van der Waals surface area contributed by atoms with Crippen LogP contribution in [0.25, 0.3) is 0 Å². The van der Waals surface area contributed by atoms with Crippen LogP contribution in [0.15, 0.2) is 17.0 Å². The van der Waals surface area contributed by atoms with Gasteiger partial charge in [-0.1, -0.05) is 11.6 Å². The number of amides is 1. The van der Waals surface area contributed by atoms with Crippen molar-refractivity contribution in [3.63, 3.8) is 0 Å². The molecule has 1 aliphatic heterocycles. The summed E-state index contributed by atoms with van der Waals surface area (Å²) in [5, 5.41) is 3.30. The van der Waals surface area contributed by atoms with Crippen molar-refractivity contribution in [3.8, 4) is 0 Å². The molecule has 7 heteroatoms. The van der Waals surface area contributed by atoms with Gasteiger partial charge in [0.05, 0.1) is 10.8 Å². The monoisotopic (exact) mass is 344 g/mol. The lowest BCUT2D eigenvalue weighted by molar-refractivity contribution is -0.124. The van der Waals surface area contributed by atoms with Crippen LogP contribution in [0.4, 0.5) is 0 Å². The summed E-state index contributed by atoms with van der Waals surface area (Å²) in [7, 11) is -3.60. The van der Waals surface area contributed by atoms with Crippen molar-refractivity contribution in [1.29, 1.82) is 0 Å². The molecular formula is C15H21ClN2O3S. The maximum Gasteiger partial charge on any atom is 0.243 e. The molecule has 1 N–H and O–H groups in total. The van der Waals surface area contributed by atoms with Gasteiger partial charge >= 0.3 is 0 Å². The van der Waals surface area contributed by atoms with E-state index in [2.05, 4.69) is 5.32 Å².